The number of piperazine rings is 1. The summed E-state index contributed by atoms with van der Waals surface area (Å²) in [4.78, 5) is 32.9. The van der Waals surface area contributed by atoms with Crippen LogP contribution in [-0.2, 0) is 14.3 Å². The van der Waals surface area contributed by atoms with Crippen molar-refractivity contribution in [3.8, 4) is 0 Å². The van der Waals surface area contributed by atoms with Gasteiger partial charge in [-0.15, -0.1) is 0 Å². The average molecular weight is 508 g/mol. The second-order valence-electron chi connectivity index (χ2n) is 10.1. The maximum Gasteiger partial charge on any atom is 0.289 e. The van der Waals surface area contributed by atoms with Gasteiger partial charge < -0.3 is 19.4 Å². The van der Waals surface area contributed by atoms with Crippen molar-refractivity contribution in [3.63, 3.8) is 0 Å². The van der Waals surface area contributed by atoms with E-state index in [-0.39, 0.29) is 30.5 Å². The Hall–Kier alpha value is -2.99. The summed E-state index contributed by atoms with van der Waals surface area (Å²) in [6.07, 6.45) is 5.56. The molecule has 0 spiro atoms. The van der Waals surface area contributed by atoms with Gasteiger partial charge in [-0.1, -0.05) is 42.3 Å². The fourth-order valence-electron chi connectivity index (χ4n) is 5.63. The SMILES string of the molecule is Cc1cccc(N2CCN(C(=O)CN3C(=O)/C(=C\c4cccc(Cl)c4)OC4CCCCC43)CC2)c1C. The van der Waals surface area contributed by atoms with E-state index in [9.17, 15) is 9.59 Å². The van der Waals surface area contributed by atoms with E-state index in [0.717, 1.165) is 44.3 Å². The van der Waals surface area contributed by atoms with Crippen molar-refractivity contribution in [2.24, 2.45) is 0 Å². The zero-order chi connectivity index (χ0) is 25.2. The van der Waals surface area contributed by atoms with Crippen LogP contribution in [0.3, 0.4) is 0 Å². The molecule has 2 saturated heterocycles. The molecule has 3 aliphatic rings. The van der Waals surface area contributed by atoms with Gasteiger partial charge in [0.15, 0.2) is 5.76 Å². The summed E-state index contributed by atoms with van der Waals surface area (Å²) < 4.78 is 6.18. The predicted octanol–water partition coefficient (Wildman–Crippen LogP) is 4.82. The Bertz CT molecular complexity index is 1170. The molecule has 36 heavy (non-hydrogen) atoms. The molecule has 6 nitrogen and oxygen atoms in total. The third-order valence-electron chi connectivity index (χ3n) is 7.82. The van der Waals surface area contributed by atoms with Crippen molar-refractivity contribution >= 4 is 35.2 Å². The maximum absolute atomic E-state index is 13.5. The van der Waals surface area contributed by atoms with E-state index >= 15 is 0 Å². The fraction of sp³-hybridized carbons (Fsp3) is 0.448. The fourth-order valence-corrected chi connectivity index (χ4v) is 5.83. The van der Waals surface area contributed by atoms with Crippen molar-refractivity contribution in [1.29, 1.82) is 0 Å². The van der Waals surface area contributed by atoms with Crippen molar-refractivity contribution in [1.82, 2.24) is 9.80 Å². The molecular weight excluding hydrogens is 474 g/mol. The van der Waals surface area contributed by atoms with Crippen LogP contribution in [0.15, 0.2) is 48.2 Å². The number of ether oxygens (including phenoxy) is 1. The van der Waals surface area contributed by atoms with Crippen molar-refractivity contribution in [2.45, 2.75) is 51.7 Å². The van der Waals surface area contributed by atoms with Crippen LogP contribution >= 0.6 is 11.6 Å². The summed E-state index contributed by atoms with van der Waals surface area (Å²) in [5.41, 5.74) is 4.62. The van der Waals surface area contributed by atoms with Crippen LogP contribution in [0.25, 0.3) is 6.08 Å². The number of nitrogens with zero attached hydrogens (tertiary/aromatic N) is 3. The molecule has 3 fully saturated rings. The van der Waals surface area contributed by atoms with Gasteiger partial charge in [-0.2, -0.15) is 0 Å². The van der Waals surface area contributed by atoms with Gasteiger partial charge in [0.25, 0.3) is 5.91 Å². The van der Waals surface area contributed by atoms with Crippen LogP contribution < -0.4 is 4.90 Å². The van der Waals surface area contributed by atoms with Gasteiger partial charge in [0.05, 0.1) is 6.04 Å². The van der Waals surface area contributed by atoms with Crippen LogP contribution in [0.1, 0.15) is 42.4 Å². The van der Waals surface area contributed by atoms with E-state index in [0.29, 0.717) is 23.9 Å². The first-order valence-corrected chi connectivity index (χ1v) is 13.3. The van der Waals surface area contributed by atoms with Crippen LogP contribution in [0, 0.1) is 13.8 Å². The van der Waals surface area contributed by atoms with Gasteiger partial charge in [0, 0.05) is 36.9 Å². The molecule has 2 heterocycles. The van der Waals surface area contributed by atoms with Crippen LogP contribution in [0.2, 0.25) is 5.02 Å². The average Bonchev–Trinajstić information content (AvgIpc) is 2.88. The summed E-state index contributed by atoms with van der Waals surface area (Å²) in [6, 6.07) is 13.7. The minimum absolute atomic E-state index is 0.0114. The molecule has 5 rings (SSSR count). The largest absolute Gasteiger partial charge is 0.482 e. The van der Waals surface area contributed by atoms with Gasteiger partial charge in [-0.3, -0.25) is 9.59 Å². The third-order valence-corrected chi connectivity index (χ3v) is 8.05. The van der Waals surface area contributed by atoms with Gasteiger partial charge in [-0.05, 0) is 74.1 Å². The second kappa shape index (κ2) is 10.6. The van der Waals surface area contributed by atoms with E-state index in [1.165, 1.54) is 16.8 Å². The molecule has 2 aliphatic heterocycles. The van der Waals surface area contributed by atoms with Gasteiger partial charge >= 0.3 is 0 Å². The van der Waals surface area contributed by atoms with E-state index in [1.54, 1.807) is 17.0 Å². The van der Waals surface area contributed by atoms with Gasteiger partial charge in [-0.25, -0.2) is 0 Å². The number of amides is 2. The molecule has 2 atom stereocenters. The van der Waals surface area contributed by atoms with Crippen LogP contribution in [0.4, 0.5) is 5.69 Å². The zero-order valence-corrected chi connectivity index (χ0v) is 21.8. The molecule has 0 bridgehead atoms. The Morgan fingerprint density at radius 2 is 1.81 bits per heavy atom. The van der Waals surface area contributed by atoms with E-state index in [4.69, 9.17) is 16.3 Å². The number of carbonyl (C=O) groups is 2. The lowest BCUT2D eigenvalue weighted by molar-refractivity contribution is -0.154. The summed E-state index contributed by atoms with van der Waals surface area (Å²) >= 11 is 6.14. The number of hydrogen-bond acceptors (Lipinski definition) is 4. The number of benzene rings is 2. The minimum Gasteiger partial charge on any atom is -0.482 e. The highest BCUT2D eigenvalue weighted by Gasteiger charge is 2.42. The molecule has 2 amide bonds. The number of aryl methyl sites for hydroxylation is 1. The predicted molar refractivity (Wildman–Crippen MR) is 143 cm³/mol. The normalized spacial score (nSPS) is 23.5. The first kappa shape index (κ1) is 24.7. The molecule has 2 unspecified atom stereocenters. The van der Waals surface area contributed by atoms with Crippen molar-refractivity contribution in [2.75, 3.05) is 37.6 Å². The summed E-state index contributed by atoms with van der Waals surface area (Å²) in [6.45, 7) is 7.28. The monoisotopic (exact) mass is 507 g/mol. The number of fused-ring (bicyclic) bond motifs is 1. The number of carbonyl (C=O) groups excluding carboxylic acids is 2. The molecule has 2 aromatic rings. The molecule has 0 N–H and O–H groups in total. The molecule has 0 radical (unpaired) electrons. The maximum atomic E-state index is 13.5. The van der Waals surface area contributed by atoms with E-state index in [1.807, 2.05) is 23.1 Å². The lowest BCUT2D eigenvalue weighted by atomic mass is 9.89. The molecule has 190 valence electrons. The third kappa shape index (κ3) is 5.10. The zero-order valence-electron chi connectivity index (χ0n) is 21.1. The topological polar surface area (TPSA) is 53.1 Å². The minimum atomic E-state index is -0.208. The number of hydrogen-bond donors (Lipinski definition) is 0. The van der Waals surface area contributed by atoms with Crippen LogP contribution in [-0.4, -0.2) is 66.5 Å². The quantitative estimate of drug-likeness (QED) is 0.557. The van der Waals surface area contributed by atoms with E-state index < -0.39 is 0 Å². The Morgan fingerprint density at radius 3 is 2.58 bits per heavy atom. The Morgan fingerprint density at radius 1 is 1.06 bits per heavy atom. The molecular formula is C29H34ClN3O3. The second-order valence-corrected chi connectivity index (χ2v) is 10.5. The molecule has 7 heteroatoms. The highest BCUT2D eigenvalue weighted by atomic mass is 35.5. The highest BCUT2D eigenvalue weighted by Crippen LogP contribution is 2.33. The number of halogens is 1. The molecule has 2 aromatic carbocycles. The van der Waals surface area contributed by atoms with Gasteiger partial charge in [0.2, 0.25) is 5.91 Å². The Balaban J connectivity index is 1.29. The van der Waals surface area contributed by atoms with Crippen molar-refractivity contribution in [3.05, 3.63) is 69.9 Å². The summed E-state index contributed by atoms with van der Waals surface area (Å²) in [5, 5.41) is 0.607. The lowest BCUT2D eigenvalue weighted by Crippen LogP contribution is -2.58. The summed E-state index contributed by atoms with van der Waals surface area (Å²) in [5.74, 6) is 0.103. The standard InChI is InChI=1S/C29H34ClN3O3/c1-20-7-5-11-24(21(20)2)31-13-15-32(16-14-31)28(34)19-33-25-10-3-4-12-26(25)36-27(29(33)35)18-22-8-6-9-23(30)17-22/h5-9,11,17-18,25-26H,3-4,10,12-16,19H2,1-2H3/b27-18+. The van der Waals surface area contributed by atoms with E-state index in [2.05, 4.69) is 36.9 Å². The molecule has 1 saturated carbocycles. The summed E-state index contributed by atoms with van der Waals surface area (Å²) in [7, 11) is 0. The highest BCUT2D eigenvalue weighted by molar-refractivity contribution is 6.30. The molecule has 1 aliphatic carbocycles. The number of anilines is 1. The lowest BCUT2D eigenvalue weighted by Gasteiger charge is -2.45. The molecule has 0 aromatic heterocycles. The Kier molecular flexibility index (Phi) is 7.24. The van der Waals surface area contributed by atoms with Crippen LogP contribution in [0.5, 0.6) is 0 Å². The first-order chi connectivity index (χ1) is 17.4. The smallest absolute Gasteiger partial charge is 0.289 e. The first-order valence-electron chi connectivity index (χ1n) is 12.9. The number of rotatable bonds is 4. The van der Waals surface area contributed by atoms with Crippen molar-refractivity contribution < 1.29 is 14.3 Å². The Labute approximate surface area is 218 Å². The van der Waals surface area contributed by atoms with Gasteiger partial charge in [0.1, 0.15) is 12.6 Å². The number of morpholine rings is 1.